The van der Waals surface area contributed by atoms with Crippen LogP contribution in [0.3, 0.4) is 0 Å². The van der Waals surface area contributed by atoms with E-state index in [1.807, 2.05) is 18.2 Å². The molecule has 37 heavy (non-hydrogen) atoms. The molecule has 1 N–H and O–H groups in total. The van der Waals surface area contributed by atoms with Crippen molar-refractivity contribution in [3.8, 4) is 23.0 Å². The number of hydrogen-bond acceptors (Lipinski definition) is 8. The minimum Gasteiger partial charge on any atom is -0.497 e. The highest BCUT2D eigenvalue weighted by atomic mass is 16.5. The molecule has 1 aliphatic heterocycles. The fraction of sp³-hybridized carbons (Fsp3) is 0.222. The number of rotatable bonds is 11. The summed E-state index contributed by atoms with van der Waals surface area (Å²) in [7, 11) is 3.09. The number of carbonyl (C=O) groups is 3. The average molecular weight is 507 g/mol. The first kappa shape index (κ1) is 25.4. The van der Waals surface area contributed by atoms with E-state index in [0.29, 0.717) is 48.2 Å². The van der Waals surface area contributed by atoms with Gasteiger partial charge in [0.25, 0.3) is 11.8 Å². The van der Waals surface area contributed by atoms with Crippen LogP contribution in [0, 0.1) is 0 Å². The average Bonchev–Trinajstić information content (AvgIpc) is 3.43. The van der Waals surface area contributed by atoms with Gasteiger partial charge in [-0.2, -0.15) is 0 Å². The van der Waals surface area contributed by atoms with Crippen molar-refractivity contribution in [3.63, 3.8) is 0 Å². The Labute approximate surface area is 213 Å². The van der Waals surface area contributed by atoms with E-state index in [-0.39, 0.29) is 12.1 Å². The van der Waals surface area contributed by atoms with Crippen LogP contribution in [0.15, 0.2) is 70.9 Å². The first-order chi connectivity index (χ1) is 18.0. The van der Waals surface area contributed by atoms with Gasteiger partial charge in [-0.25, -0.2) is 4.79 Å². The van der Waals surface area contributed by atoms with Crippen LogP contribution in [0.25, 0.3) is 6.08 Å². The number of carbonyl (C=O) groups excluding carboxylic acids is 3. The first-order valence-electron chi connectivity index (χ1n) is 11.5. The number of hydrogen-bond donors (Lipinski definition) is 1. The van der Waals surface area contributed by atoms with E-state index >= 15 is 0 Å². The zero-order valence-corrected chi connectivity index (χ0v) is 20.4. The summed E-state index contributed by atoms with van der Waals surface area (Å²) in [4.78, 5) is 38.4. The van der Waals surface area contributed by atoms with Crippen LogP contribution < -0.4 is 24.3 Å². The predicted molar refractivity (Wildman–Crippen MR) is 132 cm³/mol. The topological polar surface area (TPSA) is 117 Å². The van der Waals surface area contributed by atoms with E-state index in [4.69, 9.17) is 23.4 Å². The third kappa shape index (κ3) is 6.29. The molecule has 0 bridgehead atoms. The van der Waals surface area contributed by atoms with E-state index < -0.39 is 17.8 Å². The van der Waals surface area contributed by atoms with Gasteiger partial charge in [0.1, 0.15) is 22.8 Å². The van der Waals surface area contributed by atoms with Gasteiger partial charge in [-0.05, 0) is 48.0 Å². The lowest BCUT2D eigenvalue weighted by Crippen LogP contribution is -2.53. The van der Waals surface area contributed by atoms with Gasteiger partial charge in [0, 0.05) is 12.5 Å². The van der Waals surface area contributed by atoms with Crippen molar-refractivity contribution in [2.24, 2.45) is 0 Å². The summed E-state index contributed by atoms with van der Waals surface area (Å²) in [5, 5.41) is 2.18. The molecule has 1 aliphatic rings. The van der Waals surface area contributed by atoms with E-state index in [9.17, 15) is 14.4 Å². The Morgan fingerprint density at radius 3 is 2.46 bits per heavy atom. The molecule has 0 aliphatic carbocycles. The van der Waals surface area contributed by atoms with Gasteiger partial charge in [0.2, 0.25) is 0 Å². The second-order valence-corrected chi connectivity index (χ2v) is 7.93. The molecule has 0 radical (unpaired) electrons. The molecule has 2 aromatic carbocycles. The quantitative estimate of drug-likeness (QED) is 0.237. The summed E-state index contributed by atoms with van der Waals surface area (Å²) in [6, 6.07) is 14.8. The highest BCUT2D eigenvalue weighted by Crippen LogP contribution is 2.30. The van der Waals surface area contributed by atoms with Crippen LogP contribution in [0.5, 0.6) is 23.0 Å². The molecule has 1 saturated heterocycles. The maximum atomic E-state index is 12.9. The molecule has 1 aromatic heterocycles. The number of imide groups is 2. The van der Waals surface area contributed by atoms with Crippen molar-refractivity contribution in [2.45, 2.75) is 13.0 Å². The smallest absolute Gasteiger partial charge is 0.331 e. The minimum absolute atomic E-state index is 0.0973. The standard InChI is InChI=1S/C27H26N2O8/c1-33-19-6-3-7-20(16-19)35-12-5-13-37-23-10-9-18(15-24(23)34-2)14-22-25(30)28-27(32)29(26(22)31)17-21-8-4-11-36-21/h3-4,6-11,14-16H,5,12-13,17H2,1-2H3,(H,28,30,32)/b22-14+. The number of ether oxygens (including phenoxy) is 4. The Kier molecular flexibility index (Phi) is 8.09. The molecule has 1 fully saturated rings. The fourth-order valence-electron chi connectivity index (χ4n) is 3.58. The number of nitrogens with one attached hydrogen (secondary N) is 1. The molecule has 2 heterocycles. The Morgan fingerprint density at radius 2 is 1.70 bits per heavy atom. The summed E-state index contributed by atoms with van der Waals surface area (Å²) < 4.78 is 27.4. The predicted octanol–water partition coefficient (Wildman–Crippen LogP) is 3.81. The van der Waals surface area contributed by atoms with Gasteiger partial charge in [0.05, 0.1) is 40.2 Å². The highest BCUT2D eigenvalue weighted by molar-refractivity contribution is 6.30. The Hall–Kier alpha value is -4.73. The molecule has 3 aromatic rings. The summed E-state index contributed by atoms with van der Waals surface area (Å²) in [6.07, 6.45) is 3.46. The Morgan fingerprint density at radius 1 is 0.892 bits per heavy atom. The number of furan rings is 1. The molecule has 0 atom stereocenters. The van der Waals surface area contributed by atoms with Crippen molar-refractivity contribution < 1.29 is 37.7 Å². The minimum atomic E-state index is -0.805. The van der Waals surface area contributed by atoms with Gasteiger partial charge in [-0.15, -0.1) is 0 Å². The number of barbiturate groups is 1. The van der Waals surface area contributed by atoms with Crippen LogP contribution in [0.4, 0.5) is 4.79 Å². The van der Waals surface area contributed by atoms with Crippen molar-refractivity contribution in [1.29, 1.82) is 0 Å². The first-order valence-corrected chi connectivity index (χ1v) is 11.5. The Balaban J connectivity index is 1.38. The summed E-state index contributed by atoms with van der Waals surface area (Å²) in [6.45, 7) is 0.732. The highest BCUT2D eigenvalue weighted by Gasteiger charge is 2.36. The molecule has 4 rings (SSSR count). The molecule has 0 saturated carbocycles. The lowest BCUT2D eigenvalue weighted by atomic mass is 10.1. The third-order valence-electron chi connectivity index (χ3n) is 5.43. The van der Waals surface area contributed by atoms with Gasteiger partial charge in [0.15, 0.2) is 11.5 Å². The molecule has 4 amide bonds. The van der Waals surface area contributed by atoms with Crippen LogP contribution in [-0.2, 0) is 16.1 Å². The molecule has 0 spiro atoms. The zero-order chi connectivity index (χ0) is 26.2. The van der Waals surface area contributed by atoms with E-state index in [0.717, 1.165) is 10.6 Å². The molecule has 10 heteroatoms. The van der Waals surface area contributed by atoms with E-state index in [2.05, 4.69) is 5.32 Å². The monoisotopic (exact) mass is 506 g/mol. The SMILES string of the molecule is COc1cccc(OCCCOc2ccc(/C=C3\C(=O)NC(=O)N(Cc4ccco4)C3=O)cc2OC)c1. The van der Waals surface area contributed by atoms with Gasteiger partial charge < -0.3 is 23.4 Å². The van der Waals surface area contributed by atoms with Crippen molar-refractivity contribution >= 4 is 23.9 Å². The van der Waals surface area contributed by atoms with Crippen molar-refractivity contribution in [1.82, 2.24) is 10.2 Å². The molecule has 0 unspecified atom stereocenters. The van der Waals surface area contributed by atoms with Crippen LogP contribution in [0.2, 0.25) is 0 Å². The zero-order valence-electron chi connectivity index (χ0n) is 20.4. The third-order valence-corrected chi connectivity index (χ3v) is 5.43. The van der Waals surface area contributed by atoms with Crippen LogP contribution >= 0.6 is 0 Å². The second-order valence-electron chi connectivity index (χ2n) is 7.93. The lowest BCUT2D eigenvalue weighted by molar-refractivity contribution is -0.130. The van der Waals surface area contributed by atoms with Crippen LogP contribution in [-0.4, -0.2) is 50.2 Å². The van der Waals surface area contributed by atoms with E-state index in [1.165, 1.54) is 19.4 Å². The second kappa shape index (κ2) is 11.8. The van der Waals surface area contributed by atoms with Gasteiger partial charge in [-0.3, -0.25) is 19.8 Å². The number of benzene rings is 2. The molecule has 10 nitrogen and oxygen atoms in total. The van der Waals surface area contributed by atoms with Gasteiger partial charge >= 0.3 is 6.03 Å². The largest absolute Gasteiger partial charge is 0.497 e. The van der Waals surface area contributed by atoms with Crippen molar-refractivity contribution in [3.05, 3.63) is 77.8 Å². The molecular weight excluding hydrogens is 480 g/mol. The lowest BCUT2D eigenvalue weighted by Gasteiger charge is -2.25. The fourth-order valence-corrected chi connectivity index (χ4v) is 3.58. The van der Waals surface area contributed by atoms with Crippen LogP contribution in [0.1, 0.15) is 17.7 Å². The normalized spacial score (nSPS) is 14.5. The molecule has 192 valence electrons. The summed E-state index contributed by atoms with van der Waals surface area (Å²) in [5.41, 5.74) is 0.341. The van der Waals surface area contributed by atoms with Crippen molar-refractivity contribution in [2.75, 3.05) is 27.4 Å². The van der Waals surface area contributed by atoms with Gasteiger partial charge in [-0.1, -0.05) is 12.1 Å². The number of nitrogens with zero attached hydrogens (tertiary/aromatic N) is 1. The number of methoxy groups -OCH3 is 2. The number of urea groups is 1. The molecular formula is C27H26N2O8. The summed E-state index contributed by atoms with van der Waals surface area (Å²) in [5.74, 6) is 1.27. The maximum Gasteiger partial charge on any atom is 0.331 e. The van der Waals surface area contributed by atoms with E-state index in [1.54, 1.807) is 43.5 Å². The summed E-state index contributed by atoms with van der Waals surface area (Å²) >= 11 is 0. The number of amides is 4. The Bertz CT molecular complexity index is 1300. The maximum absolute atomic E-state index is 12.9.